The lowest BCUT2D eigenvalue weighted by Gasteiger charge is -2.14. The molecule has 10 heteroatoms. The molecule has 9 nitrogen and oxygen atoms in total. The molecule has 0 bridgehead atoms. The summed E-state index contributed by atoms with van der Waals surface area (Å²) in [6, 6.07) is 10.3. The number of imidazole rings is 1. The predicted molar refractivity (Wildman–Crippen MR) is 144 cm³/mol. The second kappa shape index (κ2) is 12.8. The summed E-state index contributed by atoms with van der Waals surface area (Å²) < 4.78 is 19.8. The SMILES string of the molecule is CCCNC(=O)Nc1ccc(Oc2ccnc3cc(OCCCCn4ccnc4)c(OC)cc23)cc1Cl. The number of unbranched alkanes of at least 4 members (excludes halogenated alkanes) is 1. The number of methoxy groups -OCH3 is 1. The van der Waals surface area contributed by atoms with Crippen LogP contribution in [-0.2, 0) is 6.54 Å². The van der Waals surface area contributed by atoms with E-state index in [1.54, 1.807) is 43.8 Å². The van der Waals surface area contributed by atoms with E-state index in [-0.39, 0.29) is 6.03 Å². The summed E-state index contributed by atoms with van der Waals surface area (Å²) in [6.45, 7) is 4.02. The van der Waals surface area contributed by atoms with Crippen molar-refractivity contribution in [3.05, 3.63) is 66.3 Å². The smallest absolute Gasteiger partial charge is 0.319 e. The van der Waals surface area contributed by atoms with Crippen molar-refractivity contribution in [2.24, 2.45) is 0 Å². The molecule has 0 aliphatic carbocycles. The van der Waals surface area contributed by atoms with Crippen LogP contribution in [0.4, 0.5) is 10.5 Å². The van der Waals surface area contributed by atoms with Crippen molar-refractivity contribution in [3.63, 3.8) is 0 Å². The number of nitrogens with one attached hydrogen (secondary N) is 2. The molecule has 0 fully saturated rings. The van der Waals surface area contributed by atoms with Gasteiger partial charge in [-0.25, -0.2) is 9.78 Å². The van der Waals surface area contributed by atoms with E-state index >= 15 is 0 Å². The summed E-state index contributed by atoms with van der Waals surface area (Å²) >= 11 is 6.38. The number of nitrogens with zero attached hydrogens (tertiary/aromatic N) is 3. The highest BCUT2D eigenvalue weighted by atomic mass is 35.5. The summed E-state index contributed by atoms with van der Waals surface area (Å²) in [7, 11) is 1.60. The minimum atomic E-state index is -0.305. The van der Waals surface area contributed by atoms with Gasteiger partial charge in [-0.1, -0.05) is 18.5 Å². The van der Waals surface area contributed by atoms with Crippen molar-refractivity contribution < 1.29 is 19.0 Å². The average molecular weight is 524 g/mol. The molecule has 37 heavy (non-hydrogen) atoms. The lowest BCUT2D eigenvalue weighted by molar-refractivity contribution is 0.252. The average Bonchev–Trinajstić information content (AvgIpc) is 3.42. The first-order chi connectivity index (χ1) is 18.1. The number of anilines is 1. The molecule has 0 saturated heterocycles. The Labute approximate surface area is 220 Å². The van der Waals surface area contributed by atoms with Crippen LogP contribution in [0.25, 0.3) is 10.9 Å². The third-order valence-electron chi connectivity index (χ3n) is 5.57. The van der Waals surface area contributed by atoms with Gasteiger partial charge < -0.3 is 29.4 Å². The van der Waals surface area contributed by atoms with Crippen LogP contribution < -0.4 is 24.8 Å². The van der Waals surface area contributed by atoms with E-state index in [1.165, 1.54) is 0 Å². The second-order valence-corrected chi connectivity index (χ2v) is 8.72. The number of pyridine rings is 1. The molecule has 0 aliphatic rings. The molecule has 2 aromatic carbocycles. The summed E-state index contributed by atoms with van der Waals surface area (Å²) in [6.07, 6.45) is 9.92. The zero-order chi connectivity index (χ0) is 26.0. The standard InChI is InChI=1S/C27H30ClN5O4/c1-3-9-31-27(34)32-22-7-6-19(15-21(22)28)37-24-8-10-30-23-17-26(25(35-2)16-20(23)24)36-14-5-4-12-33-13-11-29-18-33/h6-8,10-11,13,15-18H,3-5,9,12,14H2,1-2H3,(H2,31,32,34). The number of rotatable bonds is 12. The van der Waals surface area contributed by atoms with Gasteiger partial charge >= 0.3 is 6.03 Å². The molecule has 0 radical (unpaired) electrons. The molecule has 0 spiro atoms. The van der Waals surface area contributed by atoms with E-state index < -0.39 is 0 Å². The van der Waals surface area contributed by atoms with E-state index in [9.17, 15) is 4.79 Å². The Morgan fingerprint density at radius 1 is 1.08 bits per heavy atom. The number of carbonyl (C=O) groups is 1. The number of carbonyl (C=O) groups excluding carboxylic acids is 1. The van der Waals surface area contributed by atoms with Gasteiger partial charge in [0.2, 0.25) is 0 Å². The van der Waals surface area contributed by atoms with Crippen LogP contribution in [0.15, 0.2) is 61.3 Å². The Kier molecular flexibility index (Phi) is 9.04. The summed E-state index contributed by atoms with van der Waals surface area (Å²) in [5.74, 6) is 2.33. The Morgan fingerprint density at radius 3 is 2.73 bits per heavy atom. The largest absolute Gasteiger partial charge is 0.493 e. The van der Waals surface area contributed by atoms with Gasteiger partial charge in [0.05, 0.1) is 36.3 Å². The maximum absolute atomic E-state index is 11.9. The Hall–Kier alpha value is -3.98. The van der Waals surface area contributed by atoms with Crippen LogP contribution in [0, 0.1) is 0 Å². The number of aryl methyl sites for hydroxylation is 1. The molecule has 194 valence electrons. The minimum Gasteiger partial charge on any atom is -0.493 e. The molecule has 2 N–H and O–H groups in total. The molecule has 0 atom stereocenters. The van der Waals surface area contributed by atoms with Gasteiger partial charge in [-0.2, -0.15) is 0 Å². The highest BCUT2D eigenvalue weighted by Crippen LogP contribution is 2.38. The minimum absolute atomic E-state index is 0.305. The van der Waals surface area contributed by atoms with Crippen molar-refractivity contribution in [2.75, 3.05) is 25.6 Å². The quantitative estimate of drug-likeness (QED) is 0.212. The van der Waals surface area contributed by atoms with Gasteiger partial charge in [0, 0.05) is 49.2 Å². The number of urea groups is 1. The van der Waals surface area contributed by atoms with Crippen molar-refractivity contribution >= 4 is 34.2 Å². The molecule has 2 heterocycles. The van der Waals surface area contributed by atoms with Crippen LogP contribution >= 0.6 is 11.6 Å². The number of hydrogen-bond donors (Lipinski definition) is 2. The maximum Gasteiger partial charge on any atom is 0.319 e. The summed E-state index contributed by atoms with van der Waals surface area (Å²) in [4.78, 5) is 20.5. The number of benzene rings is 2. The van der Waals surface area contributed by atoms with Gasteiger partial charge in [0.1, 0.15) is 11.5 Å². The Balaban J connectivity index is 1.44. The second-order valence-electron chi connectivity index (χ2n) is 8.31. The molecule has 4 aromatic rings. The third kappa shape index (κ3) is 7.04. The van der Waals surface area contributed by atoms with Crippen molar-refractivity contribution in [1.29, 1.82) is 0 Å². The number of ether oxygens (including phenoxy) is 3. The van der Waals surface area contributed by atoms with Gasteiger partial charge in [-0.15, -0.1) is 0 Å². The summed E-state index contributed by atoms with van der Waals surface area (Å²) in [5.41, 5.74) is 1.21. The van der Waals surface area contributed by atoms with Crippen molar-refractivity contribution in [3.8, 4) is 23.0 Å². The fraction of sp³-hybridized carbons (Fsp3) is 0.296. The molecular weight excluding hydrogens is 494 g/mol. The highest BCUT2D eigenvalue weighted by Gasteiger charge is 2.13. The van der Waals surface area contributed by atoms with E-state index in [0.717, 1.165) is 31.2 Å². The first-order valence-electron chi connectivity index (χ1n) is 12.1. The Bertz CT molecular complexity index is 1330. The fourth-order valence-electron chi connectivity index (χ4n) is 3.68. The van der Waals surface area contributed by atoms with Gasteiger partial charge in [0.25, 0.3) is 0 Å². The fourth-order valence-corrected chi connectivity index (χ4v) is 3.90. The lowest BCUT2D eigenvalue weighted by Crippen LogP contribution is -2.29. The number of aromatic nitrogens is 3. The monoisotopic (exact) mass is 523 g/mol. The number of fused-ring (bicyclic) bond motifs is 1. The Morgan fingerprint density at radius 2 is 1.97 bits per heavy atom. The van der Waals surface area contributed by atoms with E-state index in [0.29, 0.717) is 52.4 Å². The van der Waals surface area contributed by atoms with Crippen LogP contribution in [0.2, 0.25) is 5.02 Å². The third-order valence-corrected chi connectivity index (χ3v) is 5.88. The lowest BCUT2D eigenvalue weighted by atomic mass is 10.1. The van der Waals surface area contributed by atoms with Gasteiger partial charge in [-0.05, 0) is 43.5 Å². The molecular formula is C27H30ClN5O4. The molecule has 0 saturated carbocycles. The van der Waals surface area contributed by atoms with E-state index in [2.05, 4.69) is 20.6 Å². The normalized spacial score (nSPS) is 10.8. The molecule has 0 unspecified atom stereocenters. The number of hydrogen-bond acceptors (Lipinski definition) is 6. The van der Waals surface area contributed by atoms with Crippen LogP contribution in [0.5, 0.6) is 23.0 Å². The zero-order valence-corrected chi connectivity index (χ0v) is 21.6. The van der Waals surface area contributed by atoms with Gasteiger partial charge in [-0.3, -0.25) is 4.98 Å². The predicted octanol–water partition coefficient (Wildman–Crippen LogP) is 6.28. The molecule has 2 amide bonds. The van der Waals surface area contributed by atoms with Crippen LogP contribution in [0.1, 0.15) is 26.2 Å². The maximum atomic E-state index is 11.9. The van der Waals surface area contributed by atoms with Crippen LogP contribution in [-0.4, -0.2) is 40.8 Å². The first kappa shape index (κ1) is 26.1. The van der Waals surface area contributed by atoms with Crippen molar-refractivity contribution in [1.82, 2.24) is 19.9 Å². The topological polar surface area (TPSA) is 99.5 Å². The van der Waals surface area contributed by atoms with E-state index in [4.69, 9.17) is 25.8 Å². The number of amides is 2. The molecule has 2 aromatic heterocycles. The van der Waals surface area contributed by atoms with Gasteiger partial charge in [0.15, 0.2) is 11.5 Å². The first-order valence-corrected chi connectivity index (χ1v) is 12.5. The molecule has 0 aliphatic heterocycles. The highest BCUT2D eigenvalue weighted by molar-refractivity contribution is 6.33. The zero-order valence-electron chi connectivity index (χ0n) is 20.9. The van der Waals surface area contributed by atoms with E-state index in [1.807, 2.05) is 36.1 Å². The number of halogens is 1. The summed E-state index contributed by atoms with van der Waals surface area (Å²) in [5, 5.41) is 6.62. The van der Waals surface area contributed by atoms with Crippen molar-refractivity contribution in [2.45, 2.75) is 32.7 Å². The molecule has 4 rings (SSSR count). The van der Waals surface area contributed by atoms with Crippen LogP contribution in [0.3, 0.4) is 0 Å².